The lowest BCUT2D eigenvalue weighted by Crippen LogP contribution is -2.27. The normalized spacial score (nSPS) is 11.2. The smallest absolute Gasteiger partial charge is 0.412 e. The number of aliphatic hydroxyl groups is 1. The fourth-order valence-electron chi connectivity index (χ4n) is 1.25. The third kappa shape index (κ3) is 3.96. The molecule has 2 N–H and O–H groups in total. The van der Waals surface area contributed by atoms with Crippen molar-refractivity contribution in [2.24, 2.45) is 0 Å². The van der Waals surface area contributed by atoms with Crippen molar-refractivity contribution in [3.8, 4) is 0 Å². The molecule has 0 fully saturated rings. The number of rotatable bonds is 2. The van der Waals surface area contributed by atoms with Crippen LogP contribution in [-0.4, -0.2) is 16.8 Å². The molecule has 0 bridgehead atoms. The number of anilines is 1. The molecule has 0 heterocycles. The minimum atomic E-state index is -1.15. The van der Waals surface area contributed by atoms with Gasteiger partial charge in [0.2, 0.25) is 0 Å². The SMILES string of the molecule is CC(C)(C)OC(=O)Nc1cc(F)c(F)c(CO)c1. The molecule has 0 atom stereocenters. The number of ether oxygens (including phenoxy) is 1. The highest BCUT2D eigenvalue weighted by atomic mass is 19.2. The molecule has 1 aromatic carbocycles. The van der Waals surface area contributed by atoms with E-state index in [-0.39, 0.29) is 11.3 Å². The van der Waals surface area contributed by atoms with Gasteiger partial charge in [0.25, 0.3) is 0 Å². The van der Waals surface area contributed by atoms with E-state index in [1.165, 1.54) is 0 Å². The van der Waals surface area contributed by atoms with Crippen molar-refractivity contribution in [1.82, 2.24) is 0 Å². The molecule has 1 amide bonds. The van der Waals surface area contributed by atoms with Crippen LogP contribution in [0.2, 0.25) is 0 Å². The summed E-state index contributed by atoms with van der Waals surface area (Å²) in [5.74, 6) is -2.28. The van der Waals surface area contributed by atoms with Crippen LogP contribution in [0.4, 0.5) is 19.3 Å². The first-order valence-electron chi connectivity index (χ1n) is 5.31. The Morgan fingerprint density at radius 1 is 1.39 bits per heavy atom. The van der Waals surface area contributed by atoms with Gasteiger partial charge in [0.05, 0.1) is 6.61 Å². The Balaban J connectivity index is 2.86. The summed E-state index contributed by atoms with van der Waals surface area (Å²) >= 11 is 0. The Morgan fingerprint density at radius 3 is 2.50 bits per heavy atom. The summed E-state index contributed by atoms with van der Waals surface area (Å²) in [5, 5.41) is 11.1. The van der Waals surface area contributed by atoms with Crippen molar-refractivity contribution in [3.05, 3.63) is 29.3 Å². The zero-order chi connectivity index (χ0) is 13.9. The number of amides is 1. The largest absolute Gasteiger partial charge is 0.444 e. The Kier molecular flexibility index (Phi) is 4.24. The predicted molar refractivity (Wildman–Crippen MR) is 62.1 cm³/mol. The molecule has 0 spiro atoms. The molecule has 1 aromatic rings. The average Bonchev–Trinajstić information content (AvgIpc) is 2.20. The number of benzene rings is 1. The third-order valence-electron chi connectivity index (χ3n) is 1.92. The first-order chi connectivity index (χ1) is 8.23. The van der Waals surface area contributed by atoms with Crippen LogP contribution in [0, 0.1) is 11.6 Å². The van der Waals surface area contributed by atoms with E-state index in [9.17, 15) is 13.6 Å². The lowest BCUT2D eigenvalue weighted by molar-refractivity contribution is 0.0636. The topological polar surface area (TPSA) is 58.6 Å². The molecule has 0 unspecified atom stereocenters. The second-order valence-corrected chi connectivity index (χ2v) is 4.72. The lowest BCUT2D eigenvalue weighted by atomic mass is 10.2. The van der Waals surface area contributed by atoms with Gasteiger partial charge in [-0.25, -0.2) is 13.6 Å². The van der Waals surface area contributed by atoms with Crippen LogP contribution in [0.25, 0.3) is 0 Å². The Bertz CT molecular complexity index is 455. The van der Waals surface area contributed by atoms with Gasteiger partial charge in [-0.05, 0) is 26.8 Å². The van der Waals surface area contributed by atoms with Gasteiger partial charge in [0.15, 0.2) is 11.6 Å². The van der Waals surface area contributed by atoms with Gasteiger partial charge in [0.1, 0.15) is 5.60 Å². The number of nitrogens with one attached hydrogen (secondary N) is 1. The van der Waals surface area contributed by atoms with E-state index in [2.05, 4.69) is 5.32 Å². The Morgan fingerprint density at radius 2 is 2.00 bits per heavy atom. The molecular formula is C12H15F2NO3. The van der Waals surface area contributed by atoms with Gasteiger partial charge in [-0.2, -0.15) is 0 Å². The van der Waals surface area contributed by atoms with E-state index in [0.717, 1.165) is 12.1 Å². The van der Waals surface area contributed by atoms with E-state index in [0.29, 0.717) is 0 Å². The molecule has 0 aliphatic rings. The van der Waals surface area contributed by atoms with Crippen LogP contribution >= 0.6 is 0 Å². The van der Waals surface area contributed by atoms with Gasteiger partial charge in [-0.15, -0.1) is 0 Å². The van der Waals surface area contributed by atoms with Gasteiger partial charge in [-0.1, -0.05) is 0 Å². The van der Waals surface area contributed by atoms with Crippen LogP contribution in [0.15, 0.2) is 12.1 Å². The van der Waals surface area contributed by atoms with Crippen molar-refractivity contribution < 1.29 is 23.4 Å². The van der Waals surface area contributed by atoms with E-state index in [4.69, 9.17) is 9.84 Å². The summed E-state index contributed by atoms with van der Waals surface area (Å²) in [6.45, 7) is 4.37. The van der Waals surface area contributed by atoms with Crippen LogP contribution in [0.5, 0.6) is 0 Å². The number of aliphatic hydroxyl groups excluding tert-OH is 1. The highest BCUT2D eigenvalue weighted by Crippen LogP contribution is 2.19. The molecule has 6 heteroatoms. The Labute approximate surface area is 104 Å². The number of hydrogen-bond donors (Lipinski definition) is 2. The van der Waals surface area contributed by atoms with Crippen molar-refractivity contribution in [3.63, 3.8) is 0 Å². The third-order valence-corrected chi connectivity index (χ3v) is 1.92. The van der Waals surface area contributed by atoms with E-state index in [1.54, 1.807) is 20.8 Å². The van der Waals surface area contributed by atoms with E-state index < -0.39 is 29.9 Å². The molecular weight excluding hydrogens is 244 g/mol. The van der Waals surface area contributed by atoms with Crippen LogP contribution in [-0.2, 0) is 11.3 Å². The molecule has 0 aliphatic carbocycles. The fourth-order valence-corrected chi connectivity index (χ4v) is 1.25. The number of hydrogen-bond acceptors (Lipinski definition) is 3. The first kappa shape index (κ1) is 14.4. The standard InChI is InChI=1S/C12H15F2NO3/c1-12(2,3)18-11(17)15-8-4-7(6-16)10(14)9(13)5-8/h4-5,16H,6H2,1-3H3,(H,15,17). The number of carbonyl (C=O) groups excluding carboxylic acids is 1. The molecule has 100 valence electrons. The summed E-state index contributed by atoms with van der Waals surface area (Å²) in [6.07, 6.45) is -0.780. The maximum atomic E-state index is 13.1. The molecule has 1 rings (SSSR count). The minimum absolute atomic E-state index is 0.0206. The molecule has 0 radical (unpaired) electrons. The first-order valence-corrected chi connectivity index (χ1v) is 5.31. The monoisotopic (exact) mass is 259 g/mol. The number of carbonyl (C=O) groups is 1. The minimum Gasteiger partial charge on any atom is -0.444 e. The zero-order valence-electron chi connectivity index (χ0n) is 10.4. The van der Waals surface area contributed by atoms with Gasteiger partial charge in [-0.3, -0.25) is 5.32 Å². The fraction of sp³-hybridized carbons (Fsp3) is 0.417. The summed E-state index contributed by atoms with van der Waals surface area (Å²) in [4.78, 5) is 11.4. The maximum absolute atomic E-state index is 13.1. The second kappa shape index (κ2) is 5.30. The molecule has 0 saturated carbocycles. The molecule has 0 aromatic heterocycles. The van der Waals surface area contributed by atoms with Crippen molar-refractivity contribution in [1.29, 1.82) is 0 Å². The number of halogens is 2. The Hall–Kier alpha value is -1.69. The summed E-state index contributed by atoms with van der Waals surface area (Å²) in [5.41, 5.74) is -0.907. The van der Waals surface area contributed by atoms with Crippen molar-refractivity contribution in [2.45, 2.75) is 33.0 Å². The maximum Gasteiger partial charge on any atom is 0.412 e. The quantitative estimate of drug-likeness (QED) is 0.858. The highest BCUT2D eigenvalue weighted by molar-refractivity contribution is 5.85. The molecule has 4 nitrogen and oxygen atoms in total. The lowest BCUT2D eigenvalue weighted by Gasteiger charge is -2.19. The van der Waals surface area contributed by atoms with Gasteiger partial charge >= 0.3 is 6.09 Å². The highest BCUT2D eigenvalue weighted by Gasteiger charge is 2.17. The van der Waals surface area contributed by atoms with Crippen LogP contribution in [0.1, 0.15) is 26.3 Å². The van der Waals surface area contributed by atoms with Crippen LogP contribution in [0.3, 0.4) is 0 Å². The summed E-state index contributed by atoms with van der Waals surface area (Å²) < 4.78 is 31.2. The molecule has 0 aliphatic heterocycles. The van der Waals surface area contributed by atoms with E-state index in [1.807, 2.05) is 0 Å². The van der Waals surface area contributed by atoms with Crippen molar-refractivity contribution in [2.75, 3.05) is 5.32 Å². The molecule has 18 heavy (non-hydrogen) atoms. The molecule has 0 saturated heterocycles. The second-order valence-electron chi connectivity index (χ2n) is 4.72. The van der Waals surface area contributed by atoms with E-state index >= 15 is 0 Å². The van der Waals surface area contributed by atoms with Crippen LogP contribution < -0.4 is 5.32 Å². The zero-order valence-corrected chi connectivity index (χ0v) is 10.4. The van der Waals surface area contributed by atoms with Crippen molar-refractivity contribution >= 4 is 11.8 Å². The van der Waals surface area contributed by atoms with Gasteiger partial charge < -0.3 is 9.84 Å². The summed E-state index contributed by atoms with van der Waals surface area (Å²) in [7, 11) is 0. The van der Waals surface area contributed by atoms with Gasteiger partial charge in [0, 0.05) is 17.3 Å². The summed E-state index contributed by atoms with van der Waals surface area (Å²) in [6, 6.07) is 1.96. The average molecular weight is 259 g/mol. The predicted octanol–water partition coefficient (Wildman–Crippen LogP) is 2.80.